The Bertz CT molecular complexity index is 1020. The fourth-order valence-corrected chi connectivity index (χ4v) is 3.68. The van der Waals surface area contributed by atoms with E-state index in [9.17, 15) is 13.2 Å². The molecule has 10 heteroatoms. The monoisotopic (exact) mass is 392 g/mol. The minimum absolute atomic E-state index is 0.0321. The van der Waals surface area contributed by atoms with Gasteiger partial charge in [0.15, 0.2) is 21.3 Å². The molecular weight excluding hydrogens is 376 g/mol. The first-order chi connectivity index (χ1) is 12.4. The molecule has 0 spiro atoms. The number of rotatable bonds is 6. The van der Waals surface area contributed by atoms with Crippen molar-refractivity contribution in [3.63, 3.8) is 0 Å². The summed E-state index contributed by atoms with van der Waals surface area (Å²) < 4.78 is 28.9. The molecule has 0 atom stereocenters. The van der Waals surface area contributed by atoms with Gasteiger partial charge in [-0.3, -0.25) is 10.1 Å². The molecule has 1 aromatic carbocycles. The number of sulfone groups is 1. The Hall–Kier alpha value is -2.59. The number of aryl methyl sites for hydroxylation is 1. The number of hydrogen-bond acceptors (Lipinski definition) is 8. The molecule has 0 radical (unpaired) electrons. The number of hydrogen-bond donors (Lipinski definition) is 1. The summed E-state index contributed by atoms with van der Waals surface area (Å²) in [7, 11) is -3.26. The largest absolute Gasteiger partial charge is 0.355 e. The van der Waals surface area contributed by atoms with Gasteiger partial charge in [0.05, 0.1) is 10.6 Å². The lowest BCUT2D eigenvalue weighted by atomic mass is 10.1. The van der Waals surface area contributed by atoms with Gasteiger partial charge in [-0.25, -0.2) is 8.42 Å². The highest BCUT2D eigenvalue weighted by Gasteiger charge is 2.17. The van der Waals surface area contributed by atoms with Crippen molar-refractivity contribution in [1.29, 1.82) is 0 Å². The van der Waals surface area contributed by atoms with Crippen LogP contribution >= 0.6 is 11.3 Å². The van der Waals surface area contributed by atoms with Crippen LogP contribution < -0.4 is 5.32 Å². The fraction of sp³-hybridized carbons (Fsp3) is 0.250. The Labute approximate surface area is 154 Å². The van der Waals surface area contributed by atoms with Gasteiger partial charge in [0.1, 0.15) is 5.01 Å². The number of benzene rings is 1. The van der Waals surface area contributed by atoms with Crippen molar-refractivity contribution in [2.24, 2.45) is 0 Å². The van der Waals surface area contributed by atoms with E-state index in [1.807, 2.05) is 6.92 Å². The molecule has 1 N–H and O–H groups in total. The van der Waals surface area contributed by atoms with Crippen LogP contribution in [0.3, 0.4) is 0 Å². The third-order valence-electron chi connectivity index (χ3n) is 3.61. The molecular formula is C16H16N4O4S2. The molecule has 0 unspecified atom stereocenters. The maximum Gasteiger partial charge on any atom is 0.279 e. The highest BCUT2D eigenvalue weighted by Crippen LogP contribution is 2.23. The molecule has 0 aliphatic heterocycles. The Kier molecular flexibility index (Phi) is 5.14. The van der Waals surface area contributed by atoms with Crippen LogP contribution in [0.25, 0.3) is 11.3 Å². The number of carbonyl (C=O) groups excluding carboxylic acids is 1. The predicted molar refractivity (Wildman–Crippen MR) is 96.9 cm³/mol. The lowest BCUT2D eigenvalue weighted by Gasteiger charge is -2.01. The second-order valence-electron chi connectivity index (χ2n) is 5.31. The van der Waals surface area contributed by atoms with E-state index in [-0.39, 0.29) is 16.3 Å². The lowest BCUT2D eigenvalue weighted by Crippen LogP contribution is -2.11. The second kappa shape index (κ2) is 7.34. The molecule has 0 aliphatic rings. The zero-order valence-corrected chi connectivity index (χ0v) is 15.7. The Balaban J connectivity index is 1.75. The molecule has 3 aromatic rings. The summed E-state index contributed by atoms with van der Waals surface area (Å²) in [5.41, 5.74) is 0.717. The van der Waals surface area contributed by atoms with E-state index >= 15 is 0 Å². The number of aromatic nitrogens is 3. The number of nitrogens with zero attached hydrogens (tertiary/aromatic N) is 3. The fourth-order valence-electron chi connectivity index (χ4n) is 2.12. The summed E-state index contributed by atoms with van der Waals surface area (Å²) >= 11 is 1.30. The minimum Gasteiger partial charge on any atom is -0.355 e. The molecule has 8 nitrogen and oxygen atoms in total. The van der Waals surface area contributed by atoms with Crippen molar-refractivity contribution in [2.75, 3.05) is 11.1 Å². The van der Waals surface area contributed by atoms with Crippen molar-refractivity contribution in [2.45, 2.75) is 25.2 Å². The summed E-state index contributed by atoms with van der Waals surface area (Å²) in [6.45, 7) is 3.54. The van der Waals surface area contributed by atoms with E-state index in [0.717, 1.165) is 11.4 Å². The molecule has 1 amide bonds. The van der Waals surface area contributed by atoms with Crippen LogP contribution in [0.1, 0.15) is 29.3 Å². The van der Waals surface area contributed by atoms with E-state index < -0.39 is 15.7 Å². The van der Waals surface area contributed by atoms with Crippen LogP contribution in [-0.2, 0) is 16.3 Å². The normalized spacial score (nSPS) is 11.5. The Morgan fingerprint density at radius 3 is 2.54 bits per heavy atom. The molecule has 0 saturated heterocycles. The predicted octanol–water partition coefficient (Wildman–Crippen LogP) is 2.80. The third kappa shape index (κ3) is 3.81. The maximum atomic E-state index is 12.2. The molecule has 136 valence electrons. The molecule has 2 heterocycles. The standard InChI is InChI=1S/C16H16N4O4S2/c1-3-14-18-19-16(25-14)17-15(21)12-9-13(24-20-12)10-5-7-11(8-6-10)26(22,23)4-2/h5-9H,3-4H2,1-2H3,(H,17,19,21). The number of carbonyl (C=O) groups is 1. The van der Waals surface area contributed by atoms with Crippen molar-refractivity contribution < 1.29 is 17.7 Å². The Morgan fingerprint density at radius 1 is 1.19 bits per heavy atom. The van der Waals surface area contributed by atoms with E-state index in [1.54, 1.807) is 19.1 Å². The van der Waals surface area contributed by atoms with E-state index in [0.29, 0.717) is 16.5 Å². The quantitative estimate of drug-likeness (QED) is 0.686. The molecule has 2 aromatic heterocycles. The molecule has 0 saturated carbocycles. The number of nitrogens with one attached hydrogen (secondary N) is 1. The molecule has 3 rings (SSSR count). The van der Waals surface area contributed by atoms with Crippen LogP contribution in [0.2, 0.25) is 0 Å². The highest BCUT2D eigenvalue weighted by molar-refractivity contribution is 7.91. The van der Waals surface area contributed by atoms with Gasteiger partial charge in [-0.05, 0) is 30.7 Å². The van der Waals surface area contributed by atoms with E-state index in [2.05, 4.69) is 20.7 Å². The smallest absolute Gasteiger partial charge is 0.279 e. The first-order valence-electron chi connectivity index (χ1n) is 7.86. The summed E-state index contributed by atoms with van der Waals surface area (Å²) in [6.07, 6.45) is 0.741. The van der Waals surface area contributed by atoms with Gasteiger partial charge in [0, 0.05) is 11.6 Å². The zero-order valence-electron chi connectivity index (χ0n) is 14.1. The number of anilines is 1. The molecule has 26 heavy (non-hydrogen) atoms. The minimum atomic E-state index is -3.26. The van der Waals surface area contributed by atoms with Crippen LogP contribution in [-0.4, -0.2) is 35.4 Å². The Morgan fingerprint density at radius 2 is 1.92 bits per heavy atom. The SMILES string of the molecule is CCc1nnc(NC(=O)c2cc(-c3ccc(S(=O)(=O)CC)cc3)on2)s1. The van der Waals surface area contributed by atoms with E-state index in [1.165, 1.54) is 29.5 Å². The second-order valence-corrected chi connectivity index (χ2v) is 8.65. The molecule has 0 aliphatic carbocycles. The van der Waals surface area contributed by atoms with Crippen molar-refractivity contribution in [1.82, 2.24) is 15.4 Å². The van der Waals surface area contributed by atoms with Gasteiger partial charge in [-0.15, -0.1) is 10.2 Å². The van der Waals surface area contributed by atoms with Crippen LogP contribution in [0.4, 0.5) is 5.13 Å². The first-order valence-corrected chi connectivity index (χ1v) is 10.3. The van der Waals surface area contributed by atoms with Gasteiger partial charge in [0.25, 0.3) is 5.91 Å². The molecule has 0 bridgehead atoms. The van der Waals surface area contributed by atoms with E-state index in [4.69, 9.17) is 4.52 Å². The summed E-state index contributed by atoms with van der Waals surface area (Å²) in [5, 5.41) is 15.4. The lowest BCUT2D eigenvalue weighted by molar-refractivity contribution is 0.101. The maximum absolute atomic E-state index is 12.2. The van der Waals surface area contributed by atoms with Crippen LogP contribution in [0.5, 0.6) is 0 Å². The van der Waals surface area contributed by atoms with Crippen molar-refractivity contribution in [3.05, 3.63) is 41.0 Å². The average Bonchev–Trinajstić information content (AvgIpc) is 3.31. The summed E-state index contributed by atoms with van der Waals surface area (Å²) in [4.78, 5) is 12.4. The van der Waals surface area contributed by atoms with Gasteiger partial charge in [0.2, 0.25) is 5.13 Å². The van der Waals surface area contributed by atoms with Gasteiger partial charge in [-0.2, -0.15) is 0 Å². The van der Waals surface area contributed by atoms with Gasteiger partial charge >= 0.3 is 0 Å². The molecule has 0 fully saturated rings. The highest BCUT2D eigenvalue weighted by atomic mass is 32.2. The van der Waals surface area contributed by atoms with Crippen molar-refractivity contribution >= 4 is 32.2 Å². The topological polar surface area (TPSA) is 115 Å². The third-order valence-corrected chi connectivity index (χ3v) is 6.34. The zero-order chi connectivity index (χ0) is 18.7. The summed E-state index contributed by atoms with van der Waals surface area (Å²) in [5.74, 6) is -0.0595. The first kappa shape index (κ1) is 18.2. The van der Waals surface area contributed by atoms with Crippen molar-refractivity contribution in [3.8, 4) is 11.3 Å². The average molecular weight is 392 g/mol. The summed E-state index contributed by atoms with van der Waals surface area (Å²) in [6, 6.07) is 7.72. The van der Waals surface area contributed by atoms with Gasteiger partial charge in [-0.1, -0.05) is 30.3 Å². The van der Waals surface area contributed by atoms with Crippen LogP contribution in [0.15, 0.2) is 39.8 Å². The van der Waals surface area contributed by atoms with Gasteiger partial charge < -0.3 is 4.52 Å². The van der Waals surface area contributed by atoms with Crippen LogP contribution in [0, 0.1) is 0 Å². The number of amides is 1.